The minimum atomic E-state index is -2.46. The molecule has 1 aliphatic carbocycles. The van der Waals surface area contributed by atoms with Gasteiger partial charge in [0.2, 0.25) is 0 Å². The van der Waals surface area contributed by atoms with Crippen molar-refractivity contribution in [3.05, 3.63) is 59.7 Å². The summed E-state index contributed by atoms with van der Waals surface area (Å²) in [5, 5.41) is 59.3. The van der Waals surface area contributed by atoms with Crippen LogP contribution in [0.2, 0.25) is 0 Å². The zero-order chi connectivity index (χ0) is 28.0. The van der Waals surface area contributed by atoms with Crippen molar-refractivity contribution in [1.29, 1.82) is 0 Å². The molecule has 12 heteroatoms. The van der Waals surface area contributed by atoms with E-state index in [4.69, 9.17) is 14.2 Å². The lowest BCUT2D eigenvalue weighted by atomic mass is 9.79. The van der Waals surface area contributed by atoms with E-state index < -0.39 is 60.4 Å². The van der Waals surface area contributed by atoms with Gasteiger partial charge in [0.25, 0.3) is 0 Å². The van der Waals surface area contributed by atoms with Crippen LogP contribution in [0.15, 0.2) is 48.6 Å². The topological polar surface area (TPSA) is 200 Å². The second-order valence-electron chi connectivity index (χ2n) is 8.53. The van der Waals surface area contributed by atoms with Gasteiger partial charge in [-0.15, -0.1) is 0 Å². The van der Waals surface area contributed by atoms with Crippen molar-refractivity contribution in [2.45, 2.75) is 36.8 Å². The van der Waals surface area contributed by atoms with E-state index in [0.717, 1.165) is 12.2 Å². The number of carboxylic acid groups (broad SMARTS) is 1. The van der Waals surface area contributed by atoms with Gasteiger partial charge in [-0.05, 0) is 47.5 Å². The fourth-order valence-electron chi connectivity index (χ4n) is 3.77. The number of benzene rings is 2. The molecule has 2 aromatic carbocycles. The van der Waals surface area contributed by atoms with E-state index in [0.29, 0.717) is 11.1 Å². The van der Waals surface area contributed by atoms with Gasteiger partial charge in [0.05, 0.1) is 7.11 Å². The predicted molar refractivity (Wildman–Crippen MR) is 130 cm³/mol. The summed E-state index contributed by atoms with van der Waals surface area (Å²) in [6.07, 6.45) is -1.58. The van der Waals surface area contributed by atoms with E-state index >= 15 is 0 Å². The van der Waals surface area contributed by atoms with Crippen molar-refractivity contribution in [3.8, 4) is 23.0 Å². The lowest BCUT2D eigenvalue weighted by Gasteiger charge is -2.40. The summed E-state index contributed by atoms with van der Waals surface area (Å²) in [4.78, 5) is 36.4. The predicted octanol–water partition coefficient (Wildman–Crippen LogP) is 1.33. The Morgan fingerprint density at radius 2 is 1.34 bits per heavy atom. The van der Waals surface area contributed by atoms with Crippen LogP contribution in [0.25, 0.3) is 12.2 Å². The summed E-state index contributed by atoms with van der Waals surface area (Å²) < 4.78 is 15.3. The maximum atomic E-state index is 12.4. The molecule has 0 spiro atoms. The summed E-state index contributed by atoms with van der Waals surface area (Å²) in [5.74, 6) is -4.37. The van der Waals surface area contributed by atoms with Crippen LogP contribution in [0.3, 0.4) is 0 Å². The highest BCUT2D eigenvalue weighted by atomic mass is 16.6. The molecule has 1 saturated carbocycles. The van der Waals surface area contributed by atoms with E-state index in [-0.39, 0.29) is 17.2 Å². The molecule has 2 aromatic rings. The van der Waals surface area contributed by atoms with Crippen LogP contribution in [0.1, 0.15) is 24.0 Å². The first kappa shape index (κ1) is 28.0. The van der Waals surface area contributed by atoms with Gasteiger partial charge >= 0.3 is 17.9 Å². The molecule has 1 fully saturated rings. The number of hydrogen-bond acceptors (Lipinski definition) is 11. The van der Waals surface area contributed by atoms with Crippen molar-refractivity contribution in [3.63, 3.8) is 0 Å². The summed E-state index contributed by atoms with van der Waals surface area (Å²) in [7, 11) is 1.35. The van der Waals surface area contributed by atoms with E-state index in [2.05, 4.69) is 0 Å². The van der Waals surface area contributed by atoms with Crippen molar-refractivity contribution < 1.29 is 59.2 Å². The average Bonchev–Trinajstić information content (AvgIpc) is 2.87. The molecule has 6 N–H and O–H groups in total. The molecule has 202 valence electrons. The highest BCUT2D eigenvalue weighted by molar-refractivity contribution is 5.88. The summed E-state index contributed by atoms with van der Waals surface area (Å²) in [6.45, 7) is 0. The number of phenols is 3. The number of ether oxygens (including phenoxy) is 3. The van der Waals surface area contributed by atoms with Gasteiger partial charge in [0, 0.05) is 25.0 Å². The van der Waals surface area contributed by atoms with Gasteiger partial charge in [-0.2, -0.15) is 0 Å². The molecule has 1 aliphatic rings. The molecule has 0 aliphatic heterocycles. The fraction of sp³-hybridized carbons (Fsp3) is 0.269. The SMILES string of the molecule is COc1cc(/C=C/C(=O)O[C@@H]2CC(O)(C(=O)O)C[C@@H](OC(=O)/C=C/c3ccc(O)c(O)c3)C2O)ccc1O. The Kier molecular flexibility index (Phi) is 8.61. The molecule has 0 aromatic heterocycles. The standard InChI is InChI=1S/C26H26O12/c1-36-19-11-15(3-7-17(19)28)5-9-23(31)38-21-13-26(35,25(33)34)12-20(24(21)32)37-22(30)8-4-14-2-6-16(27)18(29)10-14/h2-11,20-21,24,27-29,32,35H,12-13H2,1H3,(H,33,34)/b8-4+,9-5+/t20-,21-,24?,26?/m1/s1. The minimum Gasteiger partial charge on any atom is -0.504 e. The number of esters is 2. The van der Waals surface area contributed by atoms with Crippen LogP contribution in [0.4, 0.5) is 0 Å². The van der Waals surface area contributed by atoms with Gasteiger partial charge in [-0.3, -0.25) is 0 Å². The summed E-state index contributed by atoms with van der Waals surface area (Å²) >= 11 is 0. The number of aromatic hydroxyl groups is 3. The van der Waals surface area contributed by atoms with E-state index in [1.165, 1.54) is 55.7 Å². The summed E-state index contributed by atoms with van der Waals surface area (Å²) in [5.41, 5.74) is -1.67. The number of carbonyl (C=O) groups excluding carboxylic acids is 2. The Balaban J connectivity index is 1.71. The molecular formula is C26H26O12. The number of hydrogen-bond donors (Lipinski definition) is 6. The van der Waals surface area contributed by atoms with E-state index in [1.54, 1.807) is 0 Å². The Hall–Kier alpha value is -4.55. The quantitative estimate of drug-likeness (QED) is 0.163. The molecule has 2 unspecified atom stereocenters. The zero-order valence-corrected chi connectivity index (χ0v) is 20.1. The normalized spacial score (nSPS) is 23.3. The maximum absolute atomic E-state index is 12.4. The van der Waals surface area contributed by atoms with E-state index in [9.17, 15) is 45.0 Å². The molecule has 0 radical (unpaired) electrons. The molecule has 12 nitrogen and oxygen atoms in total. The van der Waals surface area contributed by atoms with Gasteiger partial charge in [0.15, 0.2) is 28.6 Å². The molecular weight excluding hydrogens is 504 g/mol. The molecule has 38 heavy (non-hydrogen) atoms. The van der Waals surface area contributed by atoms with Crippen LogP contribution < -0.4 is 4.74 Å². The second kappa shape index (κ2) is 11.7. The number of aliphatic carboxylic acids is 1. The van der Waals surface area contributed by atoms with Crippen molar-refractivity contribution >= 4 is 30.1 Å². The number of aliphatic hydroxyl groups is 2. The lowest BCUT2D eigenvalue weighted by molar-refractivity contribution is -0.203. The van der Waals surface area contributed by atoms with E-state index in [1.807, 2.05) is 0 Å². The Morgan fingerprint density at radius 3 is 1.82 bits per heavy atom. The van der Waals surface area contributed by atoms with Crippen LogP contribution in [0, 0.1) is 0 Å². The number of rotatable bonds is 8. The molecule has 4 atom stereocenters. The third-order valence-electron chi connectivity index (χ3n) is 5.80. The lowest BCUT2D eigenvalue weighted by Crippen LogP contribution is -2.58. The maximum Gasteiger partial charge on any atom is 0.335 e. The van der Waals surface area contributed by atoms with Crippen molar-refractivity contribution in [1.82, 2.24) is 0 Å². The number of carbonyl (C=O) groups is 3. The Morgan fingerprint density at radius 1 is 0.842 bits per heavy atom. The highest BCUT2D eigenvalue weighted by Gasteiger charge is 2.52. The molecule has 0 saturated heterocycles. The first-order valence-electron chi connectivity index (χ1n) is 11.2. The van der Waals surface area contributed by atoms with Crippen molar-refractivity contribution in [2.75, 3.05) is 7.11 Å². The monoisotopic (exact) mass is 530 g/mol. The molecule has 0 amide bonds. The zero-order valence-electron chi connectivity index (χ0n) is 20.1. The number of carboxylic acids is 1. The summed E-state index contributed by atoms with van der Waals surface area (Å²) in [6, 6.07) is 8.05. The molecule has 0 heterocycles. The van der Waals surface area contributed by atoms with Gasteiger partial charge in [-0.1, -0.05) is 12.1 Å². The fourth-order valence-corrected chi connectivity index (χ4v) is 3.77. The number of aliphatic hydroxyl groups excluding tert-OH is 1. The first-order valence-corrected chi connectivity index (χ1v) is 11.2. The van der Waals surface area contributed by atoms with Crippen LogP contribution in [-0.4, -0.2) is 79.6 Å². The van der Waals surface area contributed by atoms with Crippen molar-refractivity contribution in [2.24, 2.45) is 0 Å². The van der Waals surface area contributed by atoms with Crippen LogP contribution in [0.5, 0.6) is 23.0 Å². The van der Waals surface area contributed by atoms with Gasteiger partial charge < -0.3 is 44.8 Å². The Labute approximate surface area is 216 Å². The first-order chi connectivity index (χ1) is 17.9. The minimum absolute atomic E-state index is 0.109. The van der Waals surface area contributed by atoms with Crippen LogP contribution >= 0.6 is 0 Å². The molecule has 3 rings (SSSR count). The third kappa shape index (κ3) is 6.81. The smallest absolute Gasteiger partial charge is 0.335 e. The number of phenolic OH excluding ortho intramolecular Hbond substituents is 3. The Bertz CT molecular complexity index is 1270. The highest BCUT2D eigenvalue weighted by Crippen LogP contribution is 2.33. The van der Waals surface area contributed by atoms with Gasteiger partial charge in [-0.25, -0.2) is 14.4 Å². The second-order valence-corrected chi connectivity index (χ2v) is 8.53. The van der Waals surface area contributed by atoms with Gasteiger partial charge in [0.1, 0.15) is 18.3 Å². The van der Waals surface area contributed by atoms with Crippen LogP contribution in [-0.2, 0) is 23.9 Å². The largest absolute Gasteiger partial charge is 0.504 e. The molecule has 0 bridgehead atoms. The average molecular weight is 530 g/mol. The third-order valence-corrected chi connectivity index (χ3v) is 5.80. The number of methoxy groups -OCH3 is 1.